The van der Waals surface area contributed by atoms with Gasteiger partial charge >= 0.3 is 11.8 Å². The van der Waals surface area contributed by atoms with Crippen LogP contribution < -0.4 is 10.6 Å². The van der Waals surface area contributed by atoms with E-state index < -0.39 is 11.8 Å². The normalized spacial score (nSPS) is 20.0. The molecule has 9 nitrogen and oxygen atoms in total. The summed E-state index contributed by atoms with van der Waals surface area (Å²) in [5.41, 5.74) is 0.0636. The lowest BCUT2D eigenvalue weighted by Gasteiger charge is -2.40. The van der Waals surface area contributed by atoms with Gasteiger partial charge in [0.25, 0.3) is 0 Å². The van der Waals surface area contributed by atoms with Crippen molar-refractivity contribution in [1.82, 2.24) is 25.0 Å². The molecule has 0 spiro atoms. The quantitative estimate of drug-likeness (QED) is 0.761. The Morgan fingerprint density at radius 2 is 1.85 bits per heavy atom. The zero-order chi connectivity index (χ0) is 20.2. The van der Waals surface area contributed by atoms with E-state index in [-0.39, 0.29) is 29.9 Å². The van der Waals surface area contributed by atoms with Gasteiger partial charge in [0.1, 0.15) is 12.9 Å². The van der Waals surface area contributed by atoms with Crippen molar-refractivity contribution in [2.45, 2.75) is 59.0 Å². The summed E-state index contributed by atoms with van der Waals surface area (Å²) in [6.07, 6.45) is 5.45. The molecule has 1 fully saturated rings. The first kappa shape index (κ1) is 20.9. The highest BCUT2D eigenvalue weighted by Crippen LogP contribution is 2.37. The third-order valence-corrected chi connectivity index (χ3v) is 4.96. The van der Waals surface area contributed by atoms with Gasteiger partial charge in [-0.15, -0.1) is 5.10 Å². The molecule has 27 heavy (non-hydrogen) atoms. The van der Waals surface area contributed by atoms with Crippen LogP contribution in [0, 0.1) is 11.3 Å². The Balaban J connectivity index is 1.93. The number of hydrogen-bond acceptors (Lipinski definition) is 5. The van der Waals surface area contributed by atoms with Crippen LogP contribution in [0.2, 0.25) is 0 Å². The van der Waals surface area contributed by atoms with E-state index in [2.05, 4.69) is 41.5 Å². The van der Waals surface area contributed by atoms with Crippen LogP contribution in [0.15, 0.2) is 6.33 Å². The molecule has 2 rings (SSSR count). The number of carbonyl (C=O) groups is 3. The molecule has 0 aromatic carbocycles. The number of carbonyl (C=O) groups excluding carboxylic acids is 3. The third-order valence-electron chi connectivity index (χ3n) is 4.96. The minimum atomic E-state index is -0.801. The molecule has 1 saturated carbocycles. The predicted molar refractivity (Wildman–Crippen MR) is 101 cm³/mol. The van der Waals surface area contributed by atoms with Gasteiger partial charge in [-0.05, 0) is 24.2 Å². The largest absolute Gasteiger partial charge is 0.347 e. The van der Waals surface area contributed by atoms with Crippen molar-refractivity contribution in [2.75, 3.05) is 19.4 Å². The van der Waals surface area contributed by atoms with Gasteiger partial charge < -0.3 is 10.2 Å². The fraction of sp³-hybridized carbons (Fsp3) is 0.722. The molecule has 1 aromatic rings. The molecule has 1 heterocycles. The zero-order valence-corrected chi connectivity index (χ0v) is 16.8. The van der Waals surface area contributed by atoms with Crippen molar-refractivity contribution in [3.05, 3.63) is 6.33 Å². The van der Waals surface area contributed by atoms with Crippen molar-refractivity contribution in [2.24, 2.45) is 11.3 Å². The topological polar surface area (TPSA) is 109 Å². The highest BCUT2D eigenvalue weighted by Gasteiger charge is 2.35. The van der Waals surface area contributed by atoms with Crippen LogP contribution in [0.25, 0.3) is 0 Å². The summed E-state index contributed by atoms with van der Waals surface area (Å²) in [6, 6.07) is -0.0137. The number of nitrogens with one attached hydrogen (secondary N) is 2. The molecule has 0 bridgehead atoms. The molecular formula is C18H30N6O3. The van der Waals surface area contributed by atoms with Gasteiger partial charge in [-0.1, -0.05) is 33.6 Å². The van der Waals surface area contributed by atoms with Crippen molar-refractivity contribution in [3.8, 4) is 0 Å². The number of rotatable bonds is 4. The van der Waals surface area contributed by atoms with E-state index in [1.807, 2.05) is 0 Å². The highest BCUT2D eigenvalue weighted by molar-refractivity contribution is 6.39. The van der Waals surface area contributed by atoms with Crippen molar-refractivity contribution < 1.29 is 14.4 Å². The minimum Gasteiger partial charge on any atom is -0.347 e. The molecule has 150 valence electrons. The minimum absolute atomic E-state index is 0.00211. The number of aromatic nitrogens is 3. The van der Waals surface area contributed by atoms with Gasteiger partial charge in [0.2, 0.25) is 11.9 Å². The summed E-state index contributed by atoms with van der Waals surface area (Å²) in [5.74, 6) is -1.31. The smallest absolute Gasteiger partial charge is 0.316 e. The Morgan fingerprint density at radius 3 is 2.48 bits per heavy atom. The van der Waals surface area contributed by atoms with Gasteiger partial charge in [-0.25, -0.2) is 9.67 Å². The van der Waals surface area contributed by atoms with Gasteiger partial charge in [0.15, 0.2) is 0 Å². The second-order valence-electron chi connectivity index (χ2n) is 8.34. The lowest BCUT2D eigenvalue weighted by atomic mass is 9.69. The Bertz CT molecular complexity index is 692. The lowest BCUT2D eigenvalue weighted by molar-refractivity contribution is -0.137. The zero-order valence-electron chi connectivity index (χ0n) is 16.8. The van der Waals surface area contributed by atoms with Crippen LogP contribution in [0.3, 0.4) is 0 Å². The van der Waals surface area contributed by atoms with E-state index in [1.165, 1.54) is 15.9 Å². The number of hydrogen-bond donors (Lipinski definition) is 2. The van der Waals surface area contributed by atoms with Crippen LogP contribution in [0.5, 0.6) is 0 Å². The van der Waals surface area contributed by atoms with Gasteiger partial charge in [-0.3, -0.25) is 19.7 Å². The van der Waals surface area contributed by atoms with Crippen molar-refractivity contribution in [3.63, 3.8) is 0 Å². The van der Waals surface area contributed by atoms with Crippen LogP contribution >= 0.6 is 0 Å². The molecule has 3 amide bonds. The molecule has 9 heteroatoms. The van der Waals surface area contributed by atoms with Crippen molar-refractivity contribution >= 4 is 23.7 Å². The summed E-state index contributed by atoms with van der Waals surface area (Å²) in [6.45, 7) is 6.49. The Hall–Kier alpha value is -2.45. The van der Waals surface area contributed by atoms with Crippen LogP contribution in [-0.2, 0) is 20.9 Å². The monoisotopic (exact) mass is 378 g/mol. The summed E-state index contributed by atoms with van der Waals surface area (Å²) >= 11 is 0. The Labute approximate surface area is 159 Å². The molecule has 0 saturated heterocycles. The predicted octanol–water partition coefficient (Wildman–Crippen LogP) is 1.03. The first-order valence-electron chi connectivity index (χ1n) is 9.29. The average molecular weight is 378 g/mol. The Kier molecular flexibility index (Phi) is 6.56. The highest BCUT2D eigenvalue weighted by atomic mass is 16.2. The van der Waals surface area contributed by atoms with E-state index in [0.717, 1.165) is 25.7 Å². The number of anilines is 1. The van der Waals surface area contributed by atoms with Gasteiger partial charge in [0, 0.05) is 20.1 Å². The maximum Gasteiger partial charge on any atom is 0.316 e. The summed E-state index contributed by atoms with van der Waals surface area (Å²) < 4.78 is 1.31. The summed E-state index contributed by atoms with van der Waals surface area (Å²) in [7, 11) is 3.28. The SMILES string of the molecule is CN(C)C(=O)Cn1cnc(NC(=O)C(=O)NC2CCCCC2C(C)(C)C)n1. The summed E-state index contributed by atoms with van der Waals surface area (Å²) in [5, 5.41) is 9.27. The van der Waals surface area contributed by atoms with E-state index in [1.54, 1.807) is 14.1 Å². The molecule has 0 aliphatic heterocycles. The maximum atomic E-state index is 12.3. The molecule has 2 unspecified atom stereocenters. The fourth-order valence-electron chi connectivity index (χ4n) is 3.44. The van der Waals surface area contributed by atoms with Crippen molar-refractivity contribution in [1.29, 1.82) is 0 Å². The molecule has 1 aromatic heterocycles. The first-order valence-corrected chi connectivity index (χ1v) is 9.29. The third kappa shape index (κ3) is 5.77. The van der Waals surface area contributed by atoms with Gasteiger partial charge in [0.05, 0.1) is 0 Å². The van der Waals surface area contributed by atoms with Crippen LogP contribution in [-0.4, -0.2) is 57.5 Å². The number of likely N-dealkylation sites (N-methyl/N-ethyl adjacent to an activating group) is 1. The molecule has 2 N–H and O–H groups in total. The standard InChI is InChI=1S/C18H30N6O3/c1-18(2,3)12-8-6-7-9-13(12)20-15(26)16(27)21-17-19-11-24(22-17)10-14(25)23(4)5/h11-13H,6-10H2,1-5H3,(H,20,26)(H,21,22,27). The van der Waals surface area contributed by atoms with E-state index in [4.69, 9.17) is 0 Å². The molecule has 1 aliphatic rings. The van der Waals surface area contributed by atoms with Crippen LogP contribution in [0.4, 0.5) is 5.95 Å². The van der Waals surface area contributed by atoms with E-state index in [0.29, 0.717) is 5.92 Å². The molecule has 1 aliphatic carbocycles. The second kappa shape index (κ2) is 8.49. The maximum absolute atomic E-state index is 12.3. The van der Waals surface area contributed by atoms with Crippen LogP contribution in [0.1, 0.15) is 46.5 Å². The molecular weight excluding hydrogens is 348 g/mol. The summed E-state index contributed by atoms with van der Waals surface area (Å²) in [4.78, 5) is 41.5. The Morgan fingerprint density at radius 1 is 1.19 bits per heavy atom. The lowest BCUT2D eigenvalue weighted by Crippen LogP contribution is -2.49. The molecule has 2 atom stereocenters. The second-order valence-corrected chi connectivity index (χ2v) is 8.34. The molecule has 0 radical (unpaired) electrons. The number of nitrogens with zero attached hydrogens (tertiary/aromatic N) is 4. The fourth-order valence-corrected chi connectivity index (χ4v) is 3.44. The van der Waals surface area contributed by atoms with E-state index >= 15 is 0 Å². The first-order chi connectivity index (χ1) is 12.6. The van der Waals surface area contributed by atoms with E-state index in [9.17, 15) is 14.4 Å². The average Bonchev–Trinajstić information content (AvgIpc) is 3.01. The number of amides is 3. The van der Waals surface area contributed by atoms with Gasteiger partial charge in [-0.2, -0.15) is 0 Å².